The van der Waals surface area contributed by atoms with Crippen molar-refractivity contribution >= 4 is 12.4 Å². The summed E-state index contributed by atoms with van der Waals surface area (Å²) in [4.78, 5) is 20.6. The zero-order valence-corrected chi connectivity index (χ0v) is 11.0. The van der Waals surface area contributed by atoms with Crippen LogP contribution in [-0.4, -0.2) is 23.5 Å². The Labute approximate surface area is 94.1 Å². The molecule has 1 amide bonds. The molecule has 1 aromatic rings. The van der Waals surface area contributed by atoms with Crippen LogP contribution in [0, 0.1) is 17.5 Å². The summed E-state index contributed by atoms with van der Waals surface area (Å²) in [7, 11) is 0. The molecule has 18 heavy (non-hydrogen) atoms. The fraction of sp³-hybridized carbons (Fsp3) is 0.200. The molecule has 1 aromatic carbocycles. The molecule has 8 heteroatoms. The first-order valence-corrected chi connectivity index (χ1v) is 4.44. The average molecular weight is 503 g/mol. The van der Waals surface area contributed by atoms with Crippen molar-refractivity contribution in [3.8, 4) is 0 Å². The fourth-order valence-electron chi connectivity index (χ4n) is 1.23. The summed E-state index contributed by atoms with van der Waals surface area (Å²) in [6.07, 6.45) is 0.791. The topological polar surface area (TPSA) is 66.4 Å². The maximum atomic E-state index is 12.8. The molecule has 2 N–H and O–H groups in total. The predicted octanol–water partition coefficient (Wildman–Crippen LogP) is 0.756. The third kappa shape index (κ3) is 3.22. The van der Waals surface area contributed by atoms with E-state index in [-0.39, 0.29) is 12.0 Å². The number of carbonyl (C=O) groups is 1. The van der Waals surface area contributed by atoms with E-state index in [1.54, 1.807) is 0 Å². The molecule has 0 unspecified atom stereocenters. The van der Waals surface area contributed by atoms with E-state index in [9.17, 15) is 22.8 Å². The van der Waals surface area contributed by atoms with E-state index in [0.717, 1.165) is 0 Å². The van der Waals surface area contributed by atoms with Gasteiger partial charge in [0.25, 0.3) is 0 Å². The molecule has 104 valence electrons. The van der Waals surface area contributed by atoms with Crippen molar-refractivity contribution in [3.05, 3.63) is 35.1 Å². The summed E-state index contributed by atoms with van der Waals surface area (Å²) in [6, 6.07) is -0.0430. The van der Waals surface area contributed by atoms with E-state index < -0.39 is 29.5 Å². The number of carboxylic acid groups (broad SMARTS) is 1. The van der Waals surface area contributed by atoms with Crippen LogP contribution in [0.15, 0.2) is 12.1 Å². The summed E-state index contributed by atoms with van der Waals surface area (Å²) in [5.74, 6) is -5.85. The van der Waals surface area contributed by atoms with E-state index in [1.165, 1.54) is 6.41 Å². The maximum absolute atomic E-state index is 12.8. The quantitative estimate of drug-likeness (QED) is 0.355. The number of benzene rings is 1. The number of hydrogen-bond donors (Lipinski definition) is 2. The van der Waals surface area contributed by atoms with Gasteiger partial charge >= 0.3 is 5.97 Å². The van der Waals surface area contributed by atoms with E-state index >= 15 is 0 Å². The van der Waals surface area contributed by atoms with Gasteiger partial charge in [-0.2, -0.15) is 6.41 Å². The molecular weight excluding hydrogens is 496 g/mol. The molecule has 0 aromatic heterocycles. The molecule has 0 bridgehead atoms. The predicted molar refractivity (Wildman–Crippen MR) is 50.3 cm³/mol. The SMILES string of the molecule is O=[C-]N[C@@H](Cc1cc(F)c(F)c(F)c1)C(=O)O.[Fm]. The second-order valence-corrected chi connectivity index (χ2v) is 3.21. The van der Waals surface area contributed by atoms with Crippen LogP contribution in [0.25, 0.3) is 0 Å². The van der Waals surface area contributed by atoms with Crippen molar-refractivity contribution in [2.24, 2.45) is 0 Å². The van der Waals surface area contributed by atoms with Crippen LogP contribution >= 0.6 is 0 Å². The number of hydrogen-bond acceptors (Lipinski definition) is 2. The van der Waals surface area contributed by atoms with Gasteiger partial charge < -0.3 is 15.2 Å². The number of carbonyl (C=O) groups excluding carboxylic acids is 1. The zero-order valence-electron chi connectivity index (χ0n) is 8.63. The molecule has 0 saturated carbocycles. The van der Waals surface area contributed by atoms with Gasteiger partial charge in [-0.1, -0.05) is 0 Å². The standard InChI is InChI=1S/C10H7F3NO3.Fm/c11-6-1-5(2-7(12)9(6)13)3-8(10(16)17)14-4-15;/h1-2,8H,3H2,(H,14,15)(H,16,17);/q-1;/t8-;/m0./s1. The number of rotatable bonds is 5. The van der Waals surface area contributed by atoms with Gasteiger partial charge in [-0.3, -0.25) is 4.79 Å². The number of aliphatic carboxylic acids is 1. The van der Waals surface area contributed by atoms with Gasteiger partial charge in [-0.25, -0.2) is 13.2 Å². The Kier molecular flexibility index (Phi) is 4.88. The van der Waals surface area contributed by atoms with Gasteiger partial charge in [-0.15, -0.1) is 0 Å². The van der Waals surface area contributed by atoms with Crippen molar-refractivity contribution in [3.63, 3.8) is 0 Å². The average Bonchev–Trinajstić information content (AvgIpc) is 2.25. The zero-order chi connectivity index (χ0) is 13.0. The van der Waals surface area contributed by atoms with Gasteiger partial charge in [0, 0.05) is 6.42 Å². The number of halogens is 3. The minimum atomic E-state index is -1.63. The first-order valence-electron chi connectivity index (χ1n) is 4.44. The molecule has 0 spiro atoms. The summed E-state index contributed by atoms with van der Waals surface area (Å²) < 4.78 is 38.2. The number of amides is 1. The molecule has 0 aliphatic rings. The van der Waals surface area contributed by atoms with Crippen LogP contribution < -0.4 is 5.32 Å². The Morgan fingerprint density at radius 1 is 1.33 bits per heavy atom. The molecule has 0 heterocycles. The number of nitrogens with one attached hydrogen (secondary N) is 1. The molecule has 0 fully saturated rings. The van der Waals surface area contributed by atoms with Crippen molar-refractivity contribution in [1.29, 1.82) is 0 Å². The number of carboxylic acids is 1. The van der Waals surface area contributed by atoms with Gasteiger partial charge in [0.1, 0.15) is 6.04 Å². The fourth-order valence-corrected chi connectivity index (χ4v) is 1.23. The third-order valence-electron chi connectivity index (χ3n) is 2.01. The largest absolute Gasteiger partial charge is 0.520 e. The summed E-state index contributed by atoms with van der Waals surface area (Å²) in [5, 5.41) is 10.5. The minimum absolute atomic E-state index is 0. The van der Waals surface area contributed by atoms with Gasteiger partial charge in [0.15, 0.2) is 17.5 Å². The molecular formula is C10H7F3FmNO3-. The van der Waals surface area contributed by atoms with Crippen molar-refractivity contribution in [2.45, 2.75) is 12.5 Å². The van der Waals surface area contributed by atoms with Crippen molar-refractivity contribution < 1.29 is 27.9 Å². The Morgan fingerprint density at radius 3 is 2.22 bits per heavy atom. The normalized spacial score (nSPS) is 11.3. The molecule has 1 atom stereocenters. The van der Waals surface area contributed by atoms with Crippen molar-refractivity contribution in [2.75, 3.05) is 0 Å². The monoisotopic (exact) mass is 503 g/mol. The van der Waals surface area contributed by atoms with Crippen LogP contribution in [0.2, 0.25) is 0 Å². The van der Waals surface area contributed by atoms with E-state index in [0.29, 0.717) is 12.1 Å². The van der Waals surface area contributed by atoms with E-state index in [4.69, 9.17) is 5.11 Å². The van der Waals surface area contributed by atoms with Crippen LogP contribution in [0.4, 0.5) is 13.2 Å². The summed E-state index contributed by atoms with van der Waals surface area (Å²) >= 11 is 0. The Morgan fingerprint density at radius 2 is 1.83 bits per heavy atom. The van der Waals surface area contributed by atoms with E-state index in [2.05, 4.69) is 0 Å². The summed E-state index contributed by atoms with van der Waals surface area (Å²) in [6.45, 7) is 0. The summed E-state index contributed by atoms with van der Waals surface area (Å²) in [5.41, 5.74) is -0.0865. The van der Waals surface area contributed by atoms with E-state index in [1.807, 2.05) is 5.32 Å². The first-order chi connectivity index (χ1) is 7.95. The second kappa shape index (κ2) is 5.88. The smallest absolute Gasteiger partial charge is 0.323 e. The van der Waals surface area contributed by atoms with Gasteiger partial charge in [0.2, 0.25) is 0 Å². The van der Waals surface area contributed by atoms with Crippen LogP contribution in [0.5, 0.6) is 0 Å². The molecule has 0 saturated heterocycles. The molecule has 1 rings (SSSR count). The van der Waals surface area contributed by atoms with Crippen LogP contribution in [-0.2, 0) is 16.0 Å². The Balaban J connectivity index is 0.00000289. The van der Waals surface area contributed by atoms with Crippen LogP contribution in [0.1, 0.15) is 5.56 Å². The molecule has 0 radical (unpaired) electrons. The Hall–Kier alpha value is -3.05. The Bertz CT molecular complexity index is 433. The van der Waals surface area contributed by atoms with Crippen molar-refractivity contribution in [1.82, 2.24) is 5.32 Å². The molecule has 4 nitrogen and oxygen atoms in total. The van der Waals surface area contributed by atoms with Gasteiger partial charge in [-0.05, 0) is 17.7 Å². The first kappa shape index (κ1) is 14.9. The van der Waals surface area contributed by atoms with Crippen LogP contribution in [0.3, 0.4) is 0 Å². The third-order valence-corrected chi connectivity index (χ3v) is 2.01. The van der Waals surface area contributed by atoms with Gasteiger partial charge in [0.05, 0.1) is 0 Å². The second-order valence-electron chi connectivity index (χ2n) is 3.21. The molecule has 0 aliphatic carbocycles. The molecule has 0 aliphatic heterocycles. The maximum Gasteiger partial charge on any atom is 0.323 e. The minimum Gasteiger partial charge on any atom is -0.520 e.